The van der Waals surface area contributed by atoms with Crippen molar-refractivity contribution >= 4 is 22.5 Å². The molecule has 0 saturated carbocycles. The second kappa shape index (κ2) is 4.25. The third-order valence-corrected chi connectivity index (χ3v) is 2.96. The Morgan fingerprint density at radius 1 is 1.40 bits per heavy atom. The number of para-hydroxylation sites is 1. The van der Waals surface area contributed by atoms with Crippen LogP contribution >= 0.6 is 11.6 Å². The lowest BCUT2D eigenvalue weighted by atomic mass is 10.2. The zero-order valence-electron chi connectivity index (χ0n) is 8.83. The maximum atomic E-state index is 6.20. The number of aromatic nitrogens is 1. The van der Waals surface area contributed by atoms with Crippen molar-refractivity contribution < 1.29 is 0 Å². The van der Waals surface area contributed by atoms with Crippen LogP contribution in [0.2, 0.25) is 5.02 Å². The van der Waals surface area contributed by atoms with Gasteiger partial charge in [0, 0.05) is 18.1 Å². The van der Waals surface area contributed by atoms with Crippen LogP contribution in [0.4, 0.5) is 0 Å². The SMILES string of the molecule is Cc1cn(CCCN)c2c(Cl)cccc12. The Hall–Kier alpha value is -0.990. The minimum Gasteiger partial charge on any atom is -0.346 e. The molecule has 0 amide bonds. The van der Waals surface area contributed by atoms with Gasteiger partial charge in [-0.3, -0.25) is 0 Å². The highest BCUT2D eigenvalue weighted by molar-refractivity contribution is 6.35. The highest BCUT2D eigenvalue weighted by Gasteiger charge is 2.07. The maximum Gasteiger partial charge on any atom is 0.0672 e. The van der Waals surface area contributed by atoms with Crippen molar-refractivity contribution in [2.45, 2.75) is 19.9 Å². The van der Waals surface area contributed by atoms with E-state index >= 15 is 0 Å². The molecule has 0 atom stereocenters. The number of hydrogen-bond acceptors (Lipinski definition) is 1. The van der Waals surface area contributed by atoms with Crippen molar-refractivity contribution in [3.8, 4) is 0 Å². The van der Waals surface area contributed by atoms with Crippen LogP contribution in [0.25, 0.3) is 10.9 Å². The summed E-state index contributed by atoms with van der Waals surface area (Å²) < 4.78 is 2.19. The fourth-order valence-corrected chi connectivity index (χ4v) is 2.21. The molecule has 0 spiro atoms. The van der Waals surface area contributed by atoms with E-state index in [1.54, 1.807) is 0 Å². The van der Waals surface area contributed by atoms with Crippen LogP contribution in [0.3, 0.4) is 0 Å². The summed E-state index contributed by atoms with van der Waals surface area (Å²) in [6.45, 7) is 3.76. The summed E-state index contributed by atoms with van der Waals surface area (Å²) in [6.07, 6.45) is 3.13. The first-order valence-corrected chi connectivity index (χ1v) is 5.56. The standard InChI is InChI=1S/C12H15ClN2/c1-9-8-15(7-3-6-14)12-10(9)4-2-5-11(12)13/h2,4-5,8H,3,6-7,14H2,1H3. The molecule has 2 N–H and O–H groups in total. The highest BCUT2D eigenvalue weighted by Crippen LogP contribution is 2.27. The maximum absolute atomic E-state index is 6.20. The molecule has 1 aromatic heterocycles. The van der Waals surface area contributed by atoms with Crippen molar-refractivity contribution in [3.63, 3.8) is 0 Å². The molecule has 0 bridgehead atoms. The van der Waals surface area contributed by atoms with Gasteiger partial charge in [-0.15, -0.1) is 0 Å². The summed E-state index contributed by atoms with van der Waals surface area (Å²) in [4.78, 5) is 0. The van der Waals surface area contributed by atoms with E-state index in [2.05, 4.69) is 23.8 Å². The largest absolute Gasteiger partial charge is 0.346 e. The molecule has 0 aliphatic carbocycles. The Morgan fingerprint density at radius 3 is 2.93 bits per heavy atom. The highest BCUT2D eigenvalue weighted by atomic mass is 35.5. The smallest absolute Gasteiger partial charge is 0.0672 e. The summed E-state index contributed by atoms with van der Waals surface area (Å²) in [5, 5.41) is 2.05. The van der Waals surface area contributed by atoms with Crippen LogP contribution in [0.15, 0.2) is 24.4 Å². The van der Waals surface area contributed by atoms with Gasteiger partial charge in [0.05, 0.1) is 10.5 Å². The van der Waals surface area contributed by atoms with Gasteiger partial charge in [-0.1, -0.05) is 23.7 Å². The summed E-state index contributed by atoms with van der Waals surface area (Å²) in [5.74, 6) is 0. The number of halogens is 1. The van der Waals surface area contributed by atoms with Crippen molar-refractivity contribution in [1.82, 2.24) is 4.57 Å². The van der Waals surface area contributed by atoms with Crippen molar-refractivity contribution in [1.29, 1.82) is 0 Å². The molecule has 0 fully saturated rings. The van der Waals surface area contributed by atoms with Crippen LogP contribution in [0.5, 0.6) is 0 Å². The molecule has 3 heteroatoms. The molecule has 1 heterocycles. The van der Waals surface area contributed by atoms with Crippen molar-refractivity contribution in [2.24, 2.45) is 5.73 Å². The van der Waals surface area contributed by atoms with Gasteiger partial charge < -0.3 is 10.3 Å². The van der Waals surface area contributed by atoms with Gasteiger partial charge in [-0.2, -0.15) is 0 Å². The van der Waals surface area contributed by atoms with E-state index in [4.69, 9.17) is 17.3 Å². The molecule has 15 heavy (non-hydrogen) atoms. The van der Waals surface area contributed by atoms with Crippen molar-refractivity contribution in [2.75, 3.05) is 6.54 Å². The zero-order valence-corrected chi connectivity index (χ0v) is 9.59. The number of fused-ring (bicyclic) bond motifs is 1. The number of nitrogens with two attached hydrogens (primary N) is 1. The average Bonchev–Trinajstić information content (AvgIpc) is 2.55. The molecule has 0 saturated heterocycles. The molecule has 2 nitrogen and oxygen atoms in total. The summed E-state index contributed by atoms with van der Waals surface area (Å²) in [6, 6.07) is 6.03. The first-order valence-electron chi connectivity index (χ1n) is 5.18. The molecule has 2 rings (SSSR count). The van der Waals surface area contributed by atoms with Gasteiger partial charge in [0.1, 0.15) is 0 Å². The van der Waals surface area contributed by atoms with Gasteiger partial charge in [0.15, 0.2) is 0 Å². The second-order valence-corrected chi connectivity index (χ2v) is 4.19. The predicted molar refractivity (Wildman–Crippen MR) is 65.4 cm³/mol. The number of rotatable bonds is 3. The second-order valence-electron chi connectivity index (χ2n) is 3.78. The average molecular weight is 223 g/mol. The van der Waals surface area contributed by atoms with Crippen LogP contribution < -0.4 is 5.73 Å². The Morgan fingerprint density at radius 2 is 2.20 bits per heavy atom. The van der Waals surface area contributed by atoms with Crippen LogP contribution in [0, 0.1) is 6.92 Å². The first-order chi connectivity index (χ1) is 7.24. The Kier molecular flexibility index (Phi) is 2.98. The normalized spacial score (nSPS) is 11.1. The summed E-state index contributed by atoms with van der Waals surface area (Å²) >= 11 is 6.20. The fourth-order valence-electron chi connectivity index (χ4n) is 1.93. The van der Waals surface area contributed by atoms with E-state index in [0.717, 1.165) is 23.5 Å². The molecular weight excluding hydrogens is 208 g/mol. The third-order valence-electron chi connectivity index (χ3n) is 2.65. The monoisotopic (exact) mass is 222 g/mol. The van der Waals surface area contributed by atoms with Gasteiger partial charge in [0.2, 0.25) is 0 Å². The van der Waals surface area contributed by atoms with E-state index < -0.39 is 0 Å². The van der Waals surface area contributed by atoms with E-state index in [9.17, 15) is 0 Å². The quantitative estimate of drug-likeness (QED) is 0.851. The third kappa shape index (κ3) is 1.87. The van der Waals surface area contributed by atoms with Gasteiger partial charge in [-0.05, 0) is 31.5 Å². The van der Waals surface area contributed by atoms with Gasteiger partial charge >= 0.3 is 0 Å². The molecule has 2 aromatic rings. The first kappa shape index (κ1) is 10.5. The molecule has 80 valence electrons. The van der Waals surface area contributed by atoms with Crippen LogP contribution in [-0.4, -0.2) is 11.1 Å². The van der Waals surface area contributed by atoms with E-state index in [1.165, 1.54) is 10.9 Å². The molecule has 0 aliphatic rings. The fraction of sp³-hybridized carbons (Fsp3) is 0.333. The summed E-state index contributed by atoms with van der Waals surface area (Å²) in [7, 11) is 0. The predicted octanol–water partition coefficient (Wildman–Crippen LogP) is 2.95. The zero-order chi connectivity index (χ0) is 10.8. The number of nitrogens with zero attached hydrogens (tertiary/aromatic N) is 1. The topological polar surface area (TPSA) is 30.9 Å². The van der Waals surface area contributed by atoms with E-state index in [-0.39, 0.29) is 0 Å². The lowest BCUT2D eigenvalue weighted by molar-refractivity contribution is 0.670. The Labute approximate surface area is 94.6 Å². The van der Waals surface area contributed by atoms with E-state index in [0.29, 0.717) is 6.54 Å². The number of hydrogen-bond donors (Lipinski definition) is 1. The Bertz CT molecular complexity index is 474. The van der Waals surface area contributed by atoms with Gasteiger partial charge in [-0.25, -0.2) is 0 Å². The lowest BCUT2D eigenvalue weighted by Gasteiger charge is -2.04. The lowest BCUT2D eigenvalue weighted by Crippen LogP contribution is -2.04. The van der Waals surface area contributed by atoms with Crippen LogP contribution in [0.1, 0.15) is 12.0 Å². The van der Waals surface area contributed by atoms with Crippen LogP contribution in [-0.2, 0) is 6.54 Å². The molecule has 0 aliphatic heterocycles. The number of benzene rings is 1. The Balaban J connectivity index is 2.54. The molecule has 0 radical (unpaired) electrons. The molecule has 1 aromatic carbocycles. The molecule has 0 unspecified atom stereocenters. The van der Waals surface area contributed by atoms with E-state index in [1.807, 2.05) is 12.1 Å². The minimum absolute atomic E-state index is 0.711. The number of aryl methyl sites for hydroxylation is 2. The summed E-state index contributed by atoms with van der Waals surface area (Å²) in [5.41, 5.74) is 7.92. The minimum atomic E-state index is 0.711. The van der Waals surface area contributed by atoms with Gasteiger partial charge in [0.25, 0.3) is 0 Å². The van der Waals surface area contributed by atoms with Crippen molar-refractivity contribution in [3.05, 3.63) is 35.0 Å². The molecular formula is C12H15ClN2.